The van der Waals surface area contributed by atoms with Gasteiger partial charge in [0.25, 0.3) is 0 Å². The van der Waals surface area contributed by atoms with E-state index in [1.807, 2.05) is 54.6 Å². The van der Waals surface area contributed by atoms with Gasteiger partial charge < -0.3 is 14.3 Å². The predicted octanol–water partition coefficient (Wildman–Crippen LogP) is 3.98. The van der Waals surface area contributed by atoms with E-state index < -0.39 is 10.0 Å². The van der Waals surface area contributed by atoms with Crippen molar-refractivity contribution in [1.82, 2.24) is 0 Å². The molecule has 0 bridgehead atoms. The molecule has 0 unspecified atom stereocenters. The van der Waals surface area contributed by atoms with Gasteiger partial charge in [-0.05, 0) is 54.1 Å². The summed E-state index contributed by atoms with van der Waals surface area (Å²) >= 11 is 0. The van der Waals surface area contributed by atoms with Gasteiger partial charge in [0, 0.05) is 0 Å². The molecular formula is C21H18N2O5S. The maximum atomic E-state index is 11.3. The zero-order chi connectivity index (χ0) is 20.3. The van der Waals surface area contributed by atoms with Crippen LogP contribution in [-0.2, 0) is 14.9 Å². The van der Waals surface area contributed by atoms with E-state index in [9.17, 15) is 8.42 Å². The third-order valence-electron chi connectivity index (χ3n) is 4.26. The molecule has 7 nitrogen and oxygen atoms in total. The quantitative estimate of drug-likeness (QED) is 0.686. The summed E-state index contributed by atoms with van der Waals surface area (Å²) < 4.78 is 34.0. The van der Waals surface area contributed by atoms with E-state index in [4.69, 9.17) is 19.5 Å². The molecule has 0 aromatic heterocycles. The molecule has 3 aromatic carbocycles. The highest BCUT2D eigenvalue weighted by Gasteiger charge is 2.24. The molecule has 29 heavy (non-hydrogen) atoms. The average Bonchev–Trinajstić information content (AvgIpc) is 3.17. The van der Waals surface area contributed by atoms with Crippen LogP contribution >= 0.6 is 0 Å². The Morgan fingerprint density at radius 3 is 2.07 bits per heavy atom. The SMILES string of the molecule is NS(=O)(=O)c1ccc(OC2=NO[C@@H](c3ccc(Oc4ccccc4)cc3)C2)cc1. The lowest BCUT2D eigenvalue weighted by atomic mass is 10.1. The maximum Gasteiger partial charge on any atom is 0.238 e. The first-order valence-electron chi connectivity index (χ1n) is 8.84. The van der Waals surface area contributed by atoms with Gasteiger partial charge in [-0.1, -0.05) is 35.5 Å². The van der Waals surface area contributed by atoms with E-state index in [-0.39, 0.29) is 11.0 Å². The van der Waals surface area contributed by atoms with Gasteiger partial charge in [0.15, 0.2) is 6.10 Å². The molecule has 0 spiro atoms. The summed E-state index contributed by atoms with van der Waals surface area (Å²) in [5, 5.41) is 9.06. The van der Waals surface area contributed by atoms with Crippen LogP contribution < -0.4 is 14.6 Å². The van der Waals surface area contributed by atoms with Crippen molar-refractivity contribution in [1.29, 1.82) is 0 Å². The van der Waals surface area contributed by atoms with Crippen molar-refractivity contribution < 1.29 is 22.7 Å². The Morgan fingerprint density at radius 2 is 1.41 bits per heavy atom. The van der Waals surface area contributed by atoms with Gasteiger partial charge in [0.2, 0.25) is 15.9 Å². The van der Waals surface area contributed by atoms with Crippen molar-refractivity contribution in [3.05, 3.63) is 84.4 Å². The summed E-state index contributed by atoms with van der Waals surface area (Å²) in [6, 6.07) is 22.9. The first kappa shape index (κ1) is 19.0. The molecule has 0 saturated carbocycles. The standard InChI is InChI=1S/C21H18N2O5S/c22-29(24,25)19-12-10-18(11-13-19)27-21-14-20(28-23-21)15-6-8-17(9-7-15)26-16-4-2-1-3-5-16/h1-13,20H,14H2,(H2,22,24,25)/t20-/m1/s1. The molecule has 1 heterocycles. The first-order chi connectivity index (χ1) is 14.0. The molecule has 0 aliphatic carbocycles. The van der Waals surface area contributed by atoms with Crippen LogP contribution in [0.3, 0.4) is 0 Å². The van der Waals surface area contributed by atoms with Gasteiger partial charge in [-0.15, -0.1) is 0 Å². The van der Waals surface area contributed by atoms with E-state index >= 15 is 0 Å². The predicted molar refractivity (Wildman–Crippen MR) is 107 cm³/mol. The Kier molecular flexibility index (Phi) is 5.20. The van der Waals surface area contributed by atoms with Crippen LogP contribution in [0.2, 0.25) is 0 Å². The first-order valence-corrected chi connectivity index (χ1v) is 10.4. The van der Waals surface area contributed by atoms with Crippen molar-refractivity contribution in [3.63, 3.8) is 0 Å². The number of hydrogen-bond acceptors (Lipinski definition) is 6. The normalized spacial score (nSPS) is 16.0. The van der Waals surface area contributed by atoms with Crippen LogP contribution in [0.4, 0.5) is 0 Å². The van der Waals surface area contributed by atoms with Crippen molar-refractivity contribution in [2.24, 2.45) is 10.3 Å². The molecule has 0 fully saturated rings. The molecule has 0 radical (unpaired) electrons. The van der Waals surface area contributed by atoms with Crippen molar-refractivity contribution in [3.8, 4) is 17.2 Å². The van der Waals surface area contributed by atoms with Gasteiger partial charge >= 0.3 is 0 Å². The number of hydrogen-bond donors (Lipinski definition) is 1. The summed E-state index contributed by atoms with van der Waals surface area (Å²) in [6.45, 7) is 0. The minimum absolute atomic E-state index is 0.0187. The molecule has 3 aromatic rings. The molecule has 148 valence electrons. The lowest BCUT2D eigenvalue weighted by Gasteiger charge is -2.10. The monoisotopic (exact) mass is 410 g/mol. The summed E-state index contributed by atoms with van der Waals surface area (Å²) in [6.07, 6.45) is 0.190. The van der Waals surface area contributed by atoms with E-state index in [2.05, 4.69) is 5.16 Å². The van der Waals surface area contributed by atoms with Crippen molar-refractivity contribution in [2.75, 3.05) is 0 Å². The van der Waals surface area contributed by atoms with E-state index in [0.717, 1.165) is 17.1 Å². The molecule has 8 heteroatoms. The Hall–Kier alpha value is -3.36. The molecule has 2 N–H and O–H groups in total. The van der Waals surface area contributed by atoms with E-state index in [1.165, 1.54) is 24.3 Å². The number of benzene rings is 3. The van der Waals surface area contributed by atoms with Gasteiger partial charge in [0.05, 0.1) is 11.3 Å². The zero-order valence-electron chi connectivity index (χ0n) is 15.3. The molecule has 4 rings (SSSR count). The topological polar surface area (TPSA) is 100 Å². The Morgan fingerprint density at radius 1 is 0.828 bits per heavy atom. The summed E-state index contributed by atoms with van der Waals surface area (Å²) in [4.78, 5) is 5.48. The number of ether oxygens (including phenoxy) is 2. The number of nitrogens with two attached hydrogens (primary N) is 1. The van der Waals surface area contributed by atoms with E-state index in [0.29, 0.717) is 18.1 Å². The Balaban J connectivity index is 1.35. The Bertz CT molecular complexity index is 1110. The largest absolute Gasteiger partial charge is 0.457 e. The van der Waals surface area contributed by atoms with Gasteiger partial charge in [-0.2, -0.15) is 0 Å². The number of rotatable bonds is 5. The maximum absolute atomic E-state index is 11.3. The van der Waals surface area contributed by atoms with Crippen molar-refractivity contribution in [2.45, 2.75) is 17.4 Å². The second-order valence-electron chi connectivity index (χ2n) is 6.39. The van der Waals surface area contributed by atoms with Crippen molar-refractivity contribution >= 4 is 15.9 Å². The molecule has 0 amide bonds. The summed E-state index contributed by atoms with van der Waals surface area (Å²) in [5.41, 5.74) is 0.942. The van der Waals surface area contributed by atoms with Gasteiger partial charge in [0.1, 0.15) is 17.2 Å². The lowest BCUT2D eigenvalue weighted by Crippen LogP contribution is -2.12. The molecule has 1 aliphatic rings. The summed E-state index contributed by atoms with van der Waals surface area (Å²) in [5.74, 6) is 2.35. The van der Waals surface area contributed by atoms with Gasteiger partial charge in [-0.25, -0.2) is 13.6 Å². The molecule has 1 atom stereocenters. The van der Waals surface area contributed by atoms with Crippen LogP contribution in [0.25, 0.3) is 0 Å². The Labute approximate surface area is 168 Å². The number of nitrogens with zero attached hydrogens (tertiary/aromatic N) is 1. The minimum atomic E-state index is -3.74. The highest BCUT2D eigenvalue weighted by Crippen LogP contribution is 2.30. The third kappa shape index (κ3) is 4.74. The van der Waals surface area contributed by atoms with Crippen LogP contribution in [0.1, 0.15) is 18.1 Å². The minimum Gasteiger partial charge on any atom is -0.457 e. The van der Waals surface area contributed by atoms with Crippen LogP contribution in [-0.4, -0.2) is 14.3 Å². The van der Waals surface area contributed by atoms with Crippen LogP contribution in [0.5, 0.6) is 17.2 Å². The molecule has 1 aliphatic heterocycles. The van der Waals surface area contributed by atoms with Crippen LogP contribution in [0, 0.1) is 0 Å². The lowest BCUT2D eigenvalue weighted by molar-refractivity contribution is 0.0855. The molecule has 0 saturated heterocycles. The number of primary sulfonamides is 1. The smallest absolute Gasteiger partial charge is 0.238 e. The summed E-state index contributed by atoms with van der Waals surface area (Å²) in [7, 11) is -3.74. The highest BCUT2D eigenvalue weighted by molar-refractivity contribution is 7.89. The zero-order valence-corrected chi connectivity index (χ0v) is 16.1. The number of sulfonamides is 1. The molecular weight excluding hydrogens is 392 g/mol. The van der Waals surface area contributed by atoms with Crippen LogP contribution in [0.15, 0.2) is 88.9 Å². The number of para-hydroxylation sites is 1. The third-order valence-corrected chi connectivity index (χ3v) is 5.19. The number of oxime groups is 1. The highest BCUT2D eigenvalue weighted by atomic mass is 32.2. The van der Waals surface area contributed by atoms with E-state index in [1.54, 1.807) is 0 Å². The second-order valence-corrected chi connectivity index (χ2v) is 7.95. The fourth-order valence-corrected chi connectivity index (χ4v) is 3.32. The fraction of sp³-hybridized carbons (Fsp3) is 0.0952. The average molecular weight is 410 g/mol. The second kappa shape index (κ2) is 7.94. The van der Waals surface area contributed by atoms with Gasteiger partial charge in [-0.3, -0.25) is 0 Å². The fourth-order valence-electron chi connectivity index (χ4n) is 2.80.